The number of carbonyl (C=O) groups is 1. The standard InChI is InChI=1S/C16H19N3O3/c20-16(21)14-15(18-19-17-14)22-13-9-3-8-12(10-13)7-2-6-11-4-1-5-11/h3,8-11,14-15,17-19H,1,4-6H2,(H,20,21). The molecule has 116 valence electrons. The first-order valence-electron chi connectivity index (χ1n) is 7.47. The molecule has 6 nitrogen and oxygen atoms in total. The summed E-state index contributed by atoms with van der Waals surface area (Å²) in [6.45, 7) is 0. The summed E-state index contributed by atoms with van der Waals surface area (Å²) in [6.07, 6.45) is 4.18. The van der Waals surface area contributed by atoms with Gasteiger partial charge in [0.2, 0.25) is 0 Å². The molecule has 0 radical (unpaired) electrons. The van der Waals surface area contributed by atoms with Crippen LogP contribution in [0.5, 0.6) is 5.75 Å². The van der Waals surface area contributed by atoms with Crippen LogP contribution in [0, 0.1) is 17.8 Å². The molecule has 0 amide bonds. The first-order valence-corrected chi connectivity index (χ1v) is 7.47. The Morgan fingerprint density at radius 2 is 2.23 bits per heavy atom. The van der Waals surface area contributed by atoms with Gasteiger partial charge in [-0.15, -0.1) is 0 Å². The van der Waals surface area contributed by atoms with Crippen LogP contribution in [-0.2, 0) is 4.79 Å². The van der Waals surface area contributed by atoms with Crippen LogP contribution >= 0.6 is 0 Å². The van der Waals surface area contributed by atoms with Gasteiger partial charge in [0.1, 0.15) is 5.75 Å². The summed E-state index contributed by atoms with van der Waals surface area (Å²) in [7, 11) is 0. The smallest absolute Gasteiger partial charge is 0.327 e. The zero-order valence-electron chi connectivity index (χ0n) is 12.1. The normalized spacial score (nSPS) is 24.2. The molecular formula is C16H19N3O3. The van der Waals surface area contributed by atoms with Gasteiger partial charge in [-0.3, -0.25) is 4.79 Å². The lowest BCUT2D eigenvalue weighted by Gasteiger charge is -2.22. The summed E-state index contributed by atoms with van der Waals surface area (Å²) in [4.78, 5) is 11.1. The third kappa shape index (κ3) is 3.57. The van der Waals surface area contributed by atoms with Crippen LogP contribution in [0.1, 0.15) is 31.2 Å². The van der Waals surface area contributed by atoms with Crippen molar-refractivity contribution in [2.75, 3.05) is 0 Å². The number of ether oxygens (including phenoxy) is 1. The number of nitrogens with one attached hydrogen (secondary N) is 3. The van der Waals surface area contributed by atoms with Gasteiger partial charge in [0, 0.05) is 12.0 Å². The molecule has 6 heteroatoms. The zero-order chi connectivity index (χ0) is 15.4. The predicted molar refractivity (Wildman–Crippen MR) is 80.5 cm³/mol. The molecule has 1 aliphatic carbocycles. The monoisotopic (exact) mass is 301 g/mol. The fourth-order valence-corrected chi connectivity index (χ4v) is 2.43. The van der Waals surface area contributed by atoms with Crippen LogP contribution in [0.2, 0.25) is 0 Å². The number of benzene rings is 1. The highest BCUT2D eigenvalue weighted by atomic mass is 16.5. The Hall–Kier alpha value is -2.07. The highest BCUT2D eigenvalue weighted by Crippen LogP contribution is 2.28. The molecule has 2 aliphatic rings. The van der Waals surface area contributed by atoms with Crippen molar-refractivity contribution in [3.8, 4) is 17.6 Å². The summed E-state index contributed by atoms with van der Waals surface area (Å²) in [5.41, 5.74) is 8.76. The minimum absolute atomic E-state index is 0.588. The maximum atomic E-state index is 11.1. The Balaban J connectivity index is 1.62. The largest absolute Gasteiger partial charge is 0.480 e. The first kappa shape index (κ1) is 14.9. The molecule has 0 spiro atoms. The second-order valence-electron chi connectivity index (χ2n) is 5.60. The molecule has 1 saturated carbocycles. The van der Waals surface area contributed by atoms with E-state index in [-0.39, 0.29) is 0 Å². The minimum atomic E-state index is -0.987. The zero-order valence-corrected chi connectivity index (χ0v) is 12.1. The molecule has 1 aromatic carbocycles. The van der Waals surface area contributed by atoms with Gasteiger partial charge in [-0.1, -0.05) is 24.3 Å². The minimum Gasteiger partial charge on any atom is -0.480 e. The van der Waals surface area contributed by atoms with Gasteiger partial charge in [-0.05, 0) is 37.0 Å². The molecule has 2 fully saturated rings. The fraction of sp³-hybridized carbons (Fsp3) is 0.438. The summed E-state index contributed by atoms with van der Waals surface area (Å²) >= 11 is 0. The molecule has 3 rings (SSSR count). The van der Waals surface area contributed by atoms with Crippen molar-refractivity contribution in [2.45, 2.75) is 38.0 Å². The molecule has 1 aromatic rings. The lowest BCUT2D eigenvalue weighted by molar-refractivity contribution is -0.141. The molecule has 2 unspecified atom stereocenters. The second kappa shape index (κ2) is 6.79. The average Bonchev–Trinajstić information content (AvgIpc) is 2.90. The fourth-order valence-electron chi connectivity index (χ4n) is 2.43. The van der Waals surface area contributed by atoms with E-state index in [1.165, 1.54) is 19.3 Å². The predicted octanol–water partition coefficient (Wildman–Crippen LogP) is 0.999. The van der Waals surface area contributed by atoms with E-state index in [4.69, 9.17) is 9.84 Å². The number of carboxylic acids is 1. The van der Waals surface area contributed by atoms with Gasteiger partial charge in [0.25, 0.3) is 0 Å². The van der Waals surface area contributed by atoms with Crippen molar-refractivity contribution in [3.63, 3.8) is 0 Å². The number of hydrogen-bond donors (Lipinski definition) is 4. The van der Waals surface area contributed by atoms with Crippen molar-refractivity contribution in [3.05, 3.63) is 29.8 Å². The lowest BCUT2D eigenvalue weighted by Crippen LogP contribution is -2.44. The molecular weight excluding hydrogens is 282 g/mol. The van der Waals surface area contributed by atoms with Crippen molar-refractivity contribution in [1.82, 2.24) is 16.4 Å². The van der Waals surface area contributed by atoms with Crippen LogP contribution in [0.25, 0.3) is 0 Å². The maximum Gasteiger partial charge on any atom is 0.327 e. The summed E-state index contributed by atoms with van der Waals surface area (Å²) in [5, 5.41) is 9.07. The molecule has 2 atom stereocenters. The van der Waals surface area contributed by atoms with Gasteiger partial charge in [0.15, 0.2) is 12.3 Å². The van der Waals surface area contributed by atoms with E-state index in [2.05, 4.69) is 28.2 Å². The van der Waals surface area contributed by atoms with E-state index < -0.39 is 18.2 Å². The van der Waals surface area contributed by atoms with Crippen molar-refractivity contribution in [1.29, 1.82) is 0 Å². The van der Waals surface area contributed by atoms with Crippen molar-refractivity contribution < 1.29 is 14.6 Å². The summed E-state index contributed by atoms with van der Waals surface area (Å²) < 4.78 is 5.66. The summed E-state index contributed by atoms with van der Waals surface area (Å²) in [6, 6.07) is 6.54. The quantitative estimate of drug-likeness (QED) is 0.621. The molecule has 1 heterocycles. The maximum absolute atomic E-state index is 11.1. The van der Waals surface area contributed by atoms with E-state index in [9.17, 15) is 4.79 Å². The van der Waals surface area contributed by atoms with Crippen LogP contribution in [0.3, 0.4) is 0 Å². The molecule has 0 aromatic heterocycles. The van der Waals surface area contributed by atoms with Gasteiger partial charge in [-0.25, -0.2) is 10.9 Å². The van der Waals surface area contributed by atoms with E-state index in [1.807, 2.05) is 18.2 Å². The first-order chi connectivity index (χ1) is 10.7. The topological polar surface area (TPSA) is 82.6 Å². The Labute approximate surface area is 129 Å². The highest BCUT2D eigenvalue weighted by Gasteiger charge is 2.34. The van der Waals surface area contributed by atoms with Gasteiger partial charge in [0.05, 0.1) is 0 Å². The van der Waals surface area contributed by atoms with Crippen LogP contribution < -0.4 is 21.1 Å². The van der Waals surface area contributed by atoms with Crippen LogP contribution in [0.15, 0.2) is 24.3 Å². The lowest BCUT2D eigenvalue weighted by atomic mass is 9.83. The number of hydrogen-bond acceptors (Lipinski definition) is 5. The SMILES string of the molecule is O=C(O)C1NNNC1Oc1cccc(C#CCC2CCC2)c1. The van der Waals surface area contributed by atoms with Crippen LogP contribution in [0.4, 0.5) is 0 Å². The number of carboxylic acid groups (broad SMARTS) is 1. The Morgan fingerprint density at radius 1 is 1.36 bits per heavy atom. The molecule has 4 N–H and O–H groups in total. The van der Waals surface area contributed by atoms with Crippen LogP contribution in [-0.4, -0.2) is 23.3 Å². The Morgan fingerprint density at radius 3 is 2.95 bits per heavy atom. The van der Waals surface area contributed by atoms with Crippen molar-refractivity contribution in [2.24, 2.45) is 5.92 Å². The number of aliphatic carboxylic acids is 1. The molecule has 1 saturated heterocycles. The molecule has 0 bridgehead atoms. The average molecular weight is 301 g/mol. The highest BCUT2D eigenvalue weighted by molar-refractivity contribution is 5.74. The van der Waals surface area contributed by atoms with E-state index in [1.54, 1.807) is 6.07 Å². The number of hydrazine groups is 2. The van der Waals surface area contributed by atoms with Gasteiger partial charge in [-0.2, -0.15) is 5.53 Å². The van der Waals surface area contributed by atoms with E-state index >= 15 is 0 Å². The summed E-state index contributed by atoms with van der Waals surface area (Å²) in [5.74, 6) is 6.72. The van der Waals surface area contributed by atoms with Gasteiger partial charge < -0.3 is 9.84 Å². The third-order valence-electron chi connectivity index (χ3n) is 3.96. The van der Waals surface area contributed by atoms with E-state index in [0.29, 0.717) is 5.75 Å². The third-order valence-corrected chi connectivity index (χ3v) is 3.96. The van der Waals surface area contributed by atoms with Gasteiger partial charge >= 0.3 is 5.97 Å². The molecule has 1 aliphatic heterocycles. The number of rotatable bonds is 4. The second-order valence-corrected chi connectivity index (χ2v) is 5.60. The Bertz CT molecular complexity index is 604. The Kier molecular flexibility index (Phi) is 4.59. The molecule has 22 heavy (non-hydrogen) atoms. The van der Waals surface area contributed by atoms with Crippen molar-refractivity contribution >= 4 is 5.97 Å². The van der Waals surface area contributed by atoms with E-state index in [0.717, 1.165) is 17.9 Å².